The molecule has 132 valence electrons. The Kier molecular flexibility index (Phi) is 11.6. The van der Waals surface area contributed by atoms with Gasteiger partial charge in [0.05, 0.1) is 20.1 Å². The van der Waals surface area contributed by atoms with Gasteiger partial charge >= 0.3 is 29.6 Å². The fraction of sp³-hybridized carbons (Fsp3) is 0.632. The Morgan fingerprint density at radius 1 is 1.08 bits per heavy atom. The zero-order valence-corrected chi connectivity index (χ0v) is 14.8. The topological polar surface area (TPSA) is 60.4 Å². The van der Waals surface area contributed by atoms with Crippen LogP contribution in [0.2, 0.25) is 0 Å². The number of benzene rings is 1. The van der Waals surface area contributed by atoms with E-state index < -0.39 is 5.97 Å². The molecular formula is C19H32NNaO3. The number of rotatable bonds is 11. The number of quaternary nitrogens is 1. The molecular weight excluding hydrogens is 313 g/mol. The summed E-state index contributed by atoms with van der Waals surface area (Å²) < 4.78 is 0.0824. The first-order valence-corrected chi connectivity index (χ1v) is 8.72. The van der Waals surface area contributed by atoms with E-state index in [1.807, 2.05) is 12.1 Å². The summed E-state index contributed by atoms with van der Waals surface area (Å²) in [5.74, 6) is -0.980. The van der Waals surface area contributed by atoms with Crippen LogP contribution >= 0.6 is 0 Å². The number of hydrogen-bond donors (Lipinski definition) is 1. The van der Waals surface area contributed by atoms with E-state index in [1.165, 1.54) is 38.5 Å². The van der Waals surface area contributed by atoms with Crippen LogP contribution < -0.4 is 9.59 Å². The number of unbranched alkanes of at least 4 members (excludes halogenated alkanes) is 6. The summed E-state index contributed by atoms with van der Waals surface area (Å²) in [6.07, 6.45) is 9.83. The molecule has 24 heavy (non-hydrogen) atoms. The molecule has 0 amide bonds. The number of carbonyl (C=O) groups is 1. The molecule has 5 heteroatoms. The van der Waals surface area contributed by atoms with E-state index in [2.05, 4.69) is 6.92 Å². The van der Waals surface area contributed by atoms with Gasteiger partial charge in [0.2, 0.25) is 0 Å². The Morgan fingerprint density at radius 3 is 2.25 bits per heavy atom. The normalized spacial score (nSPS) is 11.1. The molecule has 0 atom stereocenters. The zero-order valence-electron chi connectivity index (χ0n) is 14.8. The van der Waals surface area contributed by atoms with Gasteiger partial charge < -0.3 is 15.0 Å². The number of carboxylic acids is 1. The summed E-state index contributed by atoms with van der Waals surface area (Å²) in [4.78, 5) is 10.9. The maximum atomic E-state index is 10.9. The number of carboxylic acid groups (broad SMARTS) is 1. The van der Waals surface area contributed by atoms with Crippen molar-refractivity contribution < 1.29 is 15.0 Å². The first-order chi connectivity index (χ1) is 10.9. The van der Waals surface area contributed by atoms with E-state index in [1.54, 1.807) is 20.2 Å². The Balaban J connectivity index is 0.00000529. The predicted octanol–water partition coefficient (Wildman–Crippen LogP) is 2.35. The van der Waals surface area contributed by atoms with E-state index in [0.29, 0.717) is 5.69 Å². The molecule has 1 rings (SSSR count). The average Bonchev–Trinajstić information content (AvgIpc) is 2.46. The molecule has 0 aromatic heterocycles. The van der Waals surface area contributed by atoms with E-state index in [4.69, 9.17) is 0 Å². The van der Waals surface area contributed by atoms with E-state index in [9.17, 15) is 15.0 Å². The third kappa shape index (κ3) is 8.52. The maximum absolute atomic E-state index is 10.9. The van der Waals surface area contributed by atoms with Crippen molar-refractivity contribution in [1.29, 1.82) is 0 Å². The van der Waals surface area contributed by atoms with Gasteiger partial charge in [-0.2, -0.15) is 0 Å². The Bertz CT molecular complexity index is 503. The number of nitrogens with zero attached hydrogens (tertiary/aromatic N) is 1. The number of phenolic OH excluding ortho intramolecular Hbond substituents is 1. The van der Waals surface area contributed by atoms with E-state index in [-0.39, 0.29) is 46.3 Å². The number of aliphatic carboxylic acids is 1. The first kappa shape index (κ1) is 23.4. The molecule has 0 aliphatic rings. The van der Waals surface area contributed by atoms with Gasteiger partial charge in [-0.1, -0.05) is 51.5 Å². The molecule has 0 saturated heterocycles. The fourth-order valence-electron chi connectivity index (χ4n) is 2.90. The fourth-order valence-corrected chi connectivity index (χ4v) is 2.90. The number of carbonyl (C=O) groups excluding carboxylic acids is 1. The quantitative estimate of drug-likeness (QED) is 0.380. The summed E-state index contributed by atoms with van der Waals surface area (Å²) in [5, 5.41) is 20.9. The first-order valence-electron chi connectivity index (χ1n) is 8.72. The van der Waals surface area contributed by atoms with Crippen molar-refractivity contribution in [2.45, 2.75) is 58.3 Å². The summed E-state index contributed by atoms with van der Waals surface area (Å²) in [5.41, 5.74) is 1.78. The molecule has 1 aromatic carbocycles. The van der Waals surface area contributed by atoms with E-state index in [0.717, 1.165) is 18.4 Å². The summed E-state index contributed by atoms with van der Waals surface area (Å²) >= 11 is 0. The molecule has 4 nitrogen and oxygen atoms in total. The van der Waals surface area contributed by atoms with E-state index >= 15 is 0 Å². The summed E-state index contributed by atoms with van der Waals surface area (Å²) in [6, 6.07) is 5.52. The Morgan fingerprint density at radius 2 is 1.67 bits per heavy atom. The zero-order chi connectivity index (χ0) is 17.3. The molecule has 1 aromatic rings. The van der Waals surface area contributed by atoms with Gasteiger partial charge in [0.25, 0.3) is 0 Å². The van der Waals surface area contributed by atoms with Crippen LogP contribution in [-0.4, -0.2) is 61.3 Å². The number of likely N-dealkylation sites (N-methyl/N-ethyl adjacent to an activating group) is 1. The van der Waals surface area contributed by atoms with Crippen LogP contribution in [0.5, 0.6) is 5.75 Å². The Hall–Kier alpha value is -0.550. The molecule has 0 spiro atoms. The van der Waals surface area contributed by atoms with Crippen molar-refractivity contribution >= 4 is 41.2 Å². The monoisotopic (exact) mass is 345 g/mol. The molecule has 1 N–H and O–H groups in total. The van der Waals surface area contributed by atoms with Gasteiger partial charge in [0, 0.05) is 6.07 Å². The van der Waals surface area contributed by atoms with Gasteiger partial charge in [-0.3, -0.25) is 4.48 Å². The summed E-state index contributed by atoms with van der Waals surface area (Å²) in [7, 11) is 3.53. The van der Waals surface area contributed by atoms with Crippen molar-refractivity contribution in [3.63, 3.8) is 0 Å². The average molecular weight is 345 g/mol. The van der Waals surface area contributed by atoms with Crippen LogP contribution in [0.1, 0.15) is 57.4 Å². The third-order valence-corrected chi connectivity index (χ3v) is 4.29. The van der Waals surface area contributed by atoms with Crippen LogP contribution in [0.25, 0.3) is 0 Å². The van der Waals surface area contributed by atoms with Crippen molar-refractivity contribution in [3.8, 4) is 5.75 Å². The SMILES string of the molecule is CCCCCCCCCc1ccc(O)c([N+](C)(C)CC(=O)[O-])c1.[NaH]. The molecule has 0 fully saturated rings. The van der Waals surface area contributed by atoms with Crippen LogP contribution in [0, 0.1) is 0 Å². The van der Waals surface area contributed by atoms with Crippen LogP contribution in [0.15, 0.2) is 18.2 Å². The van der Waals surface area contributed by atoms with Gasteiger partial charge in [0.15, 0.2) is 11.4 Å². The van der Waals surface area contributed by atoms with Gasteiger partial charge in [-0.15, -0.1) is 0 Å². The van der Waals surface area contributed by atoms with Gasteiger partial charge in [-0.25, -0.2) is 0 Å². The number of aryl methyl sites for hydroxylation is 1. The second-order valence-corrected chi connectivity index (χ2v) is 6.91. The molecule has 0 saturated carbocycles. The Labute approximate surface area is 168 Å². The molecule has 0 heterocycles. The third-order valence-electron chi connectivity index (χ3n) is 4.29. The molecule has 0 unspecified atom stereocenters. The van der Waals surface area contributed by atoms with Crippen LogP contribution in [-0.2, 0) is 11.2 Å². The predicted molar refractivity (Wildman–Crippen MR) is 100 cm³/mol. The van der Waals surface area contributed by atoms with Crippen molar-refractivity contribution in [2.75, 3.05) is 20.6 Å². The summed E-state index contributed by atoms with van der Waals surface area (Å²) in [6.45, 7) is 2.07. The van der Waals surface area contributed by atoms with Gasteiger partial charge in [0.1, 0.15) is 6.54 Å². The van der Waals surface area contributed by atoms with Crippen molar-refractivity contribution in [1.82, 2.24) is 4.48 Å². The minimum absolute atomic E-state index is 0. The van der Waals surface area contributed by atoms with Crippen LogP contribution in [0.3, 0.4) is 0 Å². The van der Waals surface area contributed by atoms with Crippen molar-refractivity contribution in [2.24, 2.45) is 0 Å². The second kappa shape index (κ2) is 11.9. The molecule has 0 radical (unpaired) electrons. The number of phenols is 1. The number of hydrogen-bond acceptors (Lipinski definition) is 3. The molecule has 0 aliphatic carbocycles. The van der Waals surface area contributed by atoms with Crippen LogP contribution in [0.4, 0.5) is 5.69 Å². The minimum atomic E-state index is -1.12. The molecule has 0 aliphatic heterocycles. The van der Waals surface area contributed by atoms with Crippen molar-refractivity contribution in [3.05, 3.63) is 23.8 Å². The van der Waals surface area contributed by atoms with Gasteiger partial charge in [-0.05, 0) is 24.5 Å². The standard InChI is InChI=1S/C19H31NO3.Na.H/c1-4-5-6-7-8-9-10-11-16-12-13-18(21)17(14-16)20(2,3)15-19(22)23;;/h12-14H,4-11,15H2,1-3H3,(H-,21,22,23);;. The number of aromatic hydroxyl groups is 1. The molecule has 0 bridgehead atoms. The second-order valence-electron chi connectivity index (χ2n) is 6.91.